The van der Waals surface area contributed by atoms with Crippen LogP contribution >= 0.6 is 0 Å². The van der Waals surface area contributed by atoms with Gasteiger partial charge in [-0.2, -0.15) is 0 Å². The maximum atomic E-state index is 5.96. The summed E-state index contributed by atoms with van der Waals surface area (Å²) in [6, 6.07) is 14.8. The van der Waals surface area contributed by atoms with Crippen LogP contribution < -0.4 is 10.5 Å². The lowest BCUT2D eigenvalue weighted by Gasteiger charge is -2.30. The van der Waals surface area contributed by atoms with E-state index in [1.807, 2.05) is 6.07 Å². The summed E-state index contributed by atoms with van der Waals surface area (Å²) in [5.74, 6) is 1.46. The maximum absolute atomic E-state index is 5.96. The van der Waals surface area contributed by atoms with Crippen LogP contribution in [0.2, 0.25) is 0 Å². The Balaban J connectivity index is 1.68. The summed E-state index contributed by atoms with van der Waals surface area (Å²) in [6.07, 6.45) is 1.12. The van der Waals surface area contributed by atoms with Gasteiger partial charge in [0.1, 0.15) is 5.75 Å². The van der Waals surface area contributed by atoms with E-state index in [0.717, 1.165) is 24.3 Å². The van der Waals surface area contributed by atoms with Crippen LogP contribution in [0.25, 0.3) is 0 Å². The van der Waals surface area contributed by atoms with E-state index in [1.54, 1.807) is 0 Å². The molecule has 0 fully saturated rings. The van der Waals surface area contributed by atoms with E-state index < -0.39 is 0 Å². The van der Waals surface area contributed by atoms with Gasteiger partial charge in [0, 0.05) is 18.0 Å². The molecule has 2 nitrogen and oxygen atoms in total. The number of hydrogen-bond acceptors (Lipinski definition) is 2. The van der Waals surface area contributed by atoms with Crippen molar-refractivity contribution in [3.8, 4) is 5.75 Å². The fourth-order valence-corrected chi connectivity index (χ4v) is 2.71. The molecule has 3 rings (SSSR count). The first-order valence-electron chi connectivity index (χ1n) is 6.78. The van der Waals surface area contributed by atoms with E-state index in [9.17, 15) is 0 Å². The summed E-state index contributed by atoms with van der Waals surface area (Å²) < 4.78 is 5.96. The van der Waals surface area contributed by atoms with Crippen molar-refractivity contribution in [1.82, 2.24) is 0 Å². The van der Waals surface area contributed by atoms with Gasteiger partial charge in [-0.05, 0) is 30.5 Å². The highest BCUT2D eigenvalue weighted by molar-refractivity contribution is 5.41. The van der Waals surface area contributed by atoms with Crippen molar-refractivity contribution in [1.29, 1.82) is 0 Å². The molecule has 98 valence electrons. The van der Waals surface area contributed by atoms with Gasteiger partial charge >= 0.3 is 0 Å². The predicted octanol–water partition coefficient (Wildman–Crippen LogP) is 3.17. The number of rotatable bonds is 4. The molecule has 1 aliphatic rings. The molecular formula is C17H19NO. The zero-order valence-corrected chi connectivity index (χ0v) is 11.2. The largest absolute Gasteiger partial charge is 0.493 e. The number of fused-ring (bicyclic) bond motifs is 1. The van der Waals surface area contributed by atoms with E-state index in [-0.39, 0.29) is 0 Å². The maximum Gasteiger partial charge on any atom is 0.123 e. The predicted molar refractivity (Wildman–Crippen MR) is 77.5 cm³/mol. The van der Waals surface area contributed by atoms with Gasteiger partial charge in [0.2, 0.25) is 0 Å². The second-order valence-electron chi connectivity index (χ2n) is 5.23. The van der Waals surface area contributed by atoms with Crippen molar-refractivity contribution < 1.29 is 4.74 Å². The lowest BCUT2D eigenvalue weighted by molar-refractivity contribution is 0.273. The number of hydrogen-bond donors (Lipinski definition) is 1. The van der Waals surface area contributed by atoms with Crippen LogP contribution in [-0.2, 0) is 13.0 Å². The molecule has 0 amide bonds. The topological polar surface area (TPSA) is 35.2 Å². The molecule has 0 heterocycles. The van der Waals surface area contributed by atoms with Crippen molar-refractivity contribution in [3.05, 3.63) is 64.7 Å². The van der Waals surface area contributed by atoms with Gasteiger partial charge in [-0.15, -0.1) is 0 Å². The van der Waals surface area contributed by atoms with Crippen LogP contribution in [0.15, 0.2) is 42.5 Å². The normalized spacial score (nSPS) is 16.6. The first-order valence-corrected chi connectivity index (χ1v) is 6.78. The molecule has 2 heteroatoms. The summed E-state index contributed by atoms with van der Waals surface area (Å²) in [5.41, 5.74) is 11.0. The minimum Gasteiger partial charge on any atom is -0.493 e. The molecule has 0 saturated carbocycles. The summed E-state index contributed by atoms with van der Waals surface area (Å²) >= 11 is 0. The third-order valence-electron chi connectivity index (χ3n) is 3.84. The van der Waals surface area contributed by atoms with Crippen molar-refractivity contribution in [3.63, 3.8) is 0 Å². The van der Waals surface area contributed by atoms with Crippen molar-refractivity contribution in [2.45, 2.75) is 25.8 Å². The van der Waals surface area contributed by atoms with E-state index in [1.165, 1.54) is 16.7 Å². The highest BCUT2D eigenvalue weighted by Gasteiger charge is 2.25. The molecule has 0 saturated heterocycles. The van der Waals surface area contributed by atoms with Crippen LogP contribution in [0.5, 0.6) is 5.75 Å². The lowest BCUT2D eigenvalue weighted by Crippen LogP contribution is -2.23. The minimum atomic E-state index is 0.526. The monoisotopic (exact) mass is 253 g/mol. The van der Waals surface area contributed by atoms with Gasteiger partial charge in [0.25, 0.3) is 0 Å². The van der Waals surface area contributed by atoms with Gasteiger partial charge in [0.15, 0.2) is 0 Å². The van der Waals surface area contributed by atoms with Crippen molar-refractivity contribution in [2.75, 3.05) is 6.61 Å². The fraction of sp³-hybridized carbons (Fsp3) is 0.294. The smallest absolute Gasteiger partial charge is 0.123 e. The molecule has 1 unspecified atom stereocenters. The molecule has 1 atom stereocenters. The SMILES string of the molecule is Cc1ccc(OCC2Cc3ccccc32)c(CN)c1. The minimum absolute atomic E-state index is 0.526. The third-order valence-corrected chi connectivity index (χ3v) is 3.84. The van der Waals surface area contributed by atoms with Crippen molar-refractivity contribution in [2.24, 2.45) is 5.73 Å². The summed E-state index contributed by atoms with van der Waals surface area (Å²) in [5, 5.41) is 0. The van der Waals surface area contributed by atoms with Crippen LogP contribution in [-0.4, -0.2) is 6.61 Å². The highest BCUT2D eigenvalue weighted by Crippen LogP contribution is 2.35. The number of aryl methyl sites for hydroxylation is 1. The molecule has 0 bridgehead atoms. The Hall–Kier alpha value is -1.80. The molecule has 0 radical (unpaired) electrons. The van der Waals surface area contributed by atoms with Crippen LogP contribution in [0.3, 0.4) is 0 Å². The Bertz CT molecular complexity index is 592. The molecule has 19 heavy (non-hydrogen) atoms. The summed E-state index contributed by atoms with van der Waals surface area (Å²) in [7, 11) is 0. The molecule has 2 aromatic carbocycles. The standard InChI is InChI=1S/C17H19NO/c1-12-6-7-17(14(8-12)10-18)19-11-15-9-13-4-2-3-5-16(13)15/h2-8,15H,9-11,18H2,1H3. The van der Waals surface area contributed by atoms with E-state index in [4.69, 9.17) is 10.5 Å². The van der Waals surface area contributed by atoms with Gasteiger partial charge < -0.3 is 10.5 Å². The van der Waals surface area contributed by atoms with Gasteiger partial charge in [0.05, 0.1) is 6.61 Å². The van der Waals surface area contributed by atoms with Crippen molar-refractivity contribution >= 4 is 0 Å². The second-order valence-corrected chi connectivity index (χ2v) is 5.23. The van der Waals surface area contributed by atoms with Crippen LogP contribution in [0.1, 0.15) is 28.2 Å². The third kappa shape index (κ3) is 2.36. The molecule has 2 aromatic rings. The van der Waals surface area contributed by atoms with Crippen LogP contribution in [0.4, 0.5) is 0 Å². The Morgan fingerprint density at radius 2 is 2.05 bits per heavy atom. The quantitative estimate of drug-likeness (QED) is 0.908. The first kappa shape index (κ1) is 12.2. The van der Waals surface area contributed by atoms with E-state index in [0.29, 0.717) is 12.5 Å². The average Bonchev–Trinajstić information content (AvgIpc) is 2.41. The Morgan fingerprint density at radius 3 is 2.84 bits per heavy atom. The van der Waals surface area contributed by atoms with Gasteiger partial charge in [-0.25, -0.2) is 0 Å². The molecule has 0 aromatic heterocycles. The van der Waals surface area contributed by atoms with Crippen LogP contribution in [0, 0.1) is 6.92 Å². The number of benzene rings is 2. The zero-order valence-electron chi connectivity index (χ0n) is 11.2. The number of nitrogens with two attached hydrogens (primary N) is 1. The summed E-state index contributed by atoms with van der Waals surface area (Å²) in [4.78, 5) is 0. The molecule has 0 spiro atoms. The highest BCUT2D eigenvalue weighted by atomic mass is 16.5. The Morgan fingerprint density at radius 1 is 1.21 bits per heavy atom. The molecule has 1 aliphatic carbocycles. The molecular weight excluding hydrogens is 234 g/mol. The first-order chi connectivity index (χ1) is 9.28. The average molecular weight is 253 g/mol. The number of ether oxygens (including phenoxy) is 1. The molecule has 0 aliphatic heterocycles. The lowest BCUT2D eigenvalue weighted by atomic mass is 9.78. The van der Waals surface area contributed by atoms with E-state index >= 15 is 0 Å². The Labute approximate surface area is 114 Å². The zero-order chi connectivity index (χ0) is 13.2. The van der Waals surface area contributed by atoms with Gasteiger partial charge in [-0.1, -0.05) is 42.0 Å². The molecule has 2 N–H and O–H groups in total. The Kier molecular flexibility index (Phi) is 3.26. The van der Waals surface area contributed by atoms with E-state index in [2.05, 4.69) is 43.3 Å². The van der Waals surface area contributed by atoms with Gasteiger partial charge in [-0.3, -0.25) is 0 Å². The second kappa shape index (κ2) is 5.06. The fourth-order valence-electron chi connectivity index (χ4n) is 2.71. The summed E-state index contributed by atoms with van der Waals surface area (Å²) in [6.45, 7) is 3.34.